The van der Waals surface area contributed by atoms with Crippen molar-refractivity contribution >= 4 is 28.6 Å². The number of aliphatic carboxylic acids is 1. The van der Waals surface area contributed by atoms with Crippen molar-refractivity contribution in [3.05, 3.63) is 95.4 Å². The Kier molecular flexibility index (Phi) is 6.58. The molecular formula is C33H32N4O4. The van der Waals surface area contributed by atoms with Crippen LogP contribution >= 0.6 is 0 Å². The van der Waals surface area contributed by atoms with Gasteiger partial charge in [0.25, 0.3) is 0 Å². The number of carbonyl (C=O) groups is 1. The summed E-state index contributed by atoms with van der Waals surface area (Å²) >= 11 is 0. The molecule has 1 unspecified atom stereocenters. The number of nitrogens with zero attached hydrogens (tertiary/aromatic N) is 4. The number of pyridine rings is 1. The van der Waals surface area contributed by atoms with Gasteiger partial charge in [0.05, 0.1) is 24.3 Å². The molecule has 0 radical (unpaired) electrons. The molecule has 0 aliphatic carbocycles. The Morgan fingerprint density at radius 1 is 1.20 bits per heavy atom. The summed E-state index contributed by atoms with van der Waals surface area (Å²) in [6.45, 7) is 13.0. The molecule has 0 fully saturated rings. The lowest BCUT2D eigenvalue weighted by atomic mass is 9.84. The highest BCUT2D eigenvalue weighted by molar-refractivity contribution is 6.04. The second-order valence-corrected chi connectivity index (χ2v) is 11.4. The number of ether oxygens (including phenoxy) is 2. The van der Waals surface area contributed by atoms with Gasteiger partial charge >= 0.3 is 5.97 Å². The highest BCUT2D eigenvalue weighted by atomic mass is 16.5. The third-order valence-electron chi connectivity index (χ3n) is 7.42. The summed E-state index contributed by atoms with van der Waals surface area (Å²) in [6, 6.07) is 8.00. The topological polar surface area (TPSA) is 97.7 Å². The van der Waals surface area contributed by atoms with Crippen molar-refractivity contribution in [2.45, 2.75) is 52.4 Å². The summed E-state index contributed by atoms with van der Waals surface area (Å²) in [5, 5.41) is 11.5. The van der Waals surface area contributed by atoms with E-state index in [0.29, 0.717) is 18.7 Å². The number of hydrogen-bond acceptors (Lipinski definition) is 7. The Hall–Kier alpha value is -4.56. The predicted molar refractivity (Wildman–Crippen MR) is 159 cm³/mol. The van der Waals surface area contributed by atoms with Gasteiger partial charge in [0, 0.05) is 64.0 Å². The summed E-state index contributed by atoms with van der Waals surface area (Å²) in [5.41, 5.74) is 7.76. The first-order chi connectivity index (χ1) is 19.6. The molecule has 0 spiro atoms. The van der Waals surface area contributed by atoms with E-state index in [4.69, 9.17) is 14.5 Å². The molecule has 8 heteroatoms. The maximum Gasteiger partial charge on any atom is 0.337 e. The smallest absolute Gasteiger partial charge is 0.337 e. The van der Waals surface area contributed by atoms with Crippen molar-refractivity contribution in [1.29, 1.82) is 0 Å². The van der Waals surface area contributed by atoms with Crippen LogP contribution in [0.5, 0.6) is 5.75 Å². The van der Waals surface area contributed by atoms with E-state index in [-0.39, 0.29) is 0 Å². The number of anilines is 1. The molecule has 2 aromatic carbocycles. The molecule has 1 atom stereocenters. The zero-order valence-corrected chi connectivity index (χ0v) is 23.6. The number of hydrogen-bond donors (Lipinski definition) is 1. The maximum absolute atomic E-state index is 12.8. The molecule has 0 amide bonds. The van der Waals surface area contributed by atoms with Crippen molar-refractivity contribution in [2.75, 3.05) is 11.5 Å². The standard InChI is InChI=1S/C33H32N4O4/c1-19-14-25-23(7-6-20(2)37(25)17-21-15-34-18-35-16-21)29(27(19)31(32(38)39)41-33(3,4)5)24-8-9-26-28-22(11-13-40-26)10-12-36-30(24)28/h6-10,12,14-16,18,31H,2,11,13,17H2,1,3-5H3,(H,38,39). The fourth-order valence-corrected chi connectivity index (χ4v) is 5.75. The van der Waals surface area contributed by atoms with Crippen LogP contribution < -0.4 is 9.64 Å². The van der Waals surface area contributed by atoms with Gasteiger partial charge in [-0.3, -0.25) is 4.98 Å². The number of carboxylic acids is 1. The number of allylic oxidation sites excluding steroid dienone is 1. The van der Waals surface area contributed by atoms with Crippen molar-refractivity contribution in [1.82, 2.24) is 15.0 Å². The van der Waals surface area contributed by atoms with E-state index < -0.39 is 17.7 Å². The molecule has 2 aliphatic heterocycles. The fraction of sp³-hybridized carbons (Fsp3) is 0.273. The molecule has 6 rings (SSSR count). The van der Waals surface area contributed by atoms with Crippen molar-refractivity contribution in [2.24, 2.45) is 0 Å². The van der Waals surface area contributed by atoms with Crippen LogP contribution in [-0.2, 0) is 22.5 Å². The average molecular weight is 549 g/mol. The van der Waals surface area contributed by atoms with Gasteiger partial charge in [0.2, 0.25) is 0 Å². The van der Waals surface area contributed by atoms with E-state index in [0.717, 1.165) is 67.8 Å². The monoisotopic (exact) mass is 548 g/mol. The number of carboxylic acid groups (broad SMARTS) is 1. The highest BCUT2D eigenvalue weighted by Crippen LogP contribution is 2.48. The minimum atomic E-state index is -1.20. The van der Waals surface area contributed by atoms with Crippen LogP contribution in [0.15, 0.2) is 67.5 Å². The molecule has 1 N–H and O–H groups in total. The first-order valence-electron chi connectivity index (χ1n) is 13.6. The van der Waals surface area contributed by atoms with Gasteiger partial charge in [-0.2, -0.15) is 0 Å². The van der Waals surface area contributed by atoms with Gasteiger partial charge in [-0.05, 0) is 74.7 Å². The van der Waals surface area contributed by atoms with E-state index in [1.54, 1.807) is 12.4 Å². The summed E-state index contributed by atoms with van der Waals surface area (Å²) in [7, 11) is 0. The van der Waals surface area contributed by atoms with Crippen LogP contribution in [-0.4, -0.2) is 38.2 Å². The van der Waals surface area contributed by atoms with Gasteiger partial charge in [0.15, 0.2) is 6.10 Å². The highest BCUT2D eigenvalue weighted by Gasteiger charge is 2.35. The molecule has 4 aromatic rings. The van der Waals surface area contributed by atoms with E-state index in [1.165, 1.54) is 6.33 Å². The summed E-state index contributed by atoms with van der Waals surface area (Å²) < 4.78 is 12.2. The van der Waals surface area contributed by atoms with Crippen LogP contribution in [0.25, 0.3) is 28.1 Å². The Morgan fingerprint density at radius 3 is 2.71 bits per heavy atom. The summed E-state index contributed by atoms with van der Waals surface area (Å²) in [4.78, 5) is 28.1. The Balaban J connectivity index is 1.67. The minimum absolute atomic E-state index is 0.506. The lowest BCUT2D eigenvalue weighted by molar-refractivity contribution is -0.160. The Labute approximate surface area is 239 Å². The Morgan fingerprint density at radius 2 is 1.98 bits per heavy atom. The van der Waals surface area contributed by atoms with Crippen LogP contribution in [0, 0.1) is 6.92 Å². The molecule has 0 bridgehead atoms. The second kappa shape index (κ2) is 10.1. The number of aryl methyl sites for hydroxylation is 1. The van der Waals surface area contributed by atoms with E-state index in [1.807, 2.05) is 70.3 Å². The maximum atomic E-state index is 12.8. The zero-order valence-electron chi connectivity index (χ0n) is 23.6. The number of rotatable bonds is 6. The number of fused-ring (bicyclic) bond motifs is 1. The van der Waals surface area contributed by atoms with E-state index in [2.05, 4.69) is 21.4 Å². The SMILES string of the molecule is C=C1C=Cc2c(cc(C)c(C(OC(C)(C)C)C(=O)O)c2-c2ccc3c4c(ccnc24)CCO3)N1Cc1cncnc1. The molecule has 2 aliphatic rings. The average Bonchev–Trinajstić information content (AvgIpc) is 2.94. The summed E-state index contributed by atoms with van der Waals surface area (Å²) in [5.74, 6) is -0.262. The normalized spacial score (nSPS) is 15.0. The van der Waals surface area contributed by atoms with Crippen molar-refractivity contribution in [3.63, 3.8) is 0 Å². The van der Waals surface area contributed by atoms with Crippen LogP contribution in [0.4, 0.5) is 5.69 Å². The molecular weight excluding hydrogens is 516 g/mol. The number of aromatic nitrogens is 3. The van der Waals surface area contributed by atoms with Crippen molar-refractivity contribution in [3.8, 4) is 16.9 Å². The van der Waals surface area contributed by atoms with E-state index >= 15 is 0 Å². The molecule has 0 saturated heterocycles. The third kappa shape index (κ3) is 4.85. The van der Waals surface area contributed by atoms with Crippen LogP contribution in [0.3, 0.4) is 0 Å². The molecule has 0 saturated carbocycles. The first-order valence-corrected chi connectivity index (χ1v) is 13.6. The Bertz CT molecular complexity index is 1710. The third-order valence-corrected chi connectivity index (χ3v) is 7.42. The molecule has 208 valence electrons. The second-order valence-electron chi connectivity index (χ2n) is 11.4. The lowest BCUT2D eigenvalue weighted by Gasteiger charge is -2.35. The minimum Gasteiger partial charge on any atom is -0.493 e. The van der Waals surface area contributed by atoms with Crippen LogP contribution in [0.2, 0.25) is 0 Å². The molecule has 41 heavy (non-hydrogen) atoms. The largest absolute Gasteiger partial charge is 0.493 e. The van der Waals surface area contributed by atoms with Crippen molar-refractivity contribution < 1.29 is 19.4 Å². The van der Waals surface area contributed by atoms with E-state index in [9.17, 15) is 9.90 Å². The molecule has 4 heterocycles. The predicted octanol–water partition coefficient (Wildman–Crippen LogP) is 6.42. The van der Waals surface area contributed by atoms with Gasteiger partial charge < -0.3 is 19.5 Å². The fourth-order valence-electron chi connectivity index (χ4n) is 5.75. The van der Waals surface area contributed by atoms with Crippen LogP contribution in [0.1, 0.15) is 54.7 Å². The van der Waals surface area contributed by atoms with Gasteiger partial charge in [-0.15, -0.1) is 0 Å². The van der Waals surface area contributed by atoms with Gasteiger partial charge in [-0.25, -0.2) is 14.8 Å². The van der Waals surface area contributed by atoms with Gasteiger partial charge in [0.1, 0.15) is 12.1 Å². The number of benzene rings is 2. The quantitative estimate of drug-likeness (QED) is 0.295. The summed E-state index contributed by atoms with van der Waals surface area (Å²) in [6.07, 6.45) is 10.4. The molecule has 2 aromatic heterocycles. The van der Waals surface area contributed by atoms with Gasteiger partial charge in [-0.1, -0.05) is 12.7 Å². The zero-order chi connectivity index (χ0) is 28.9. The molecule has 8 nitrogen and oxygen atoms in total. The first kappa shape index (κ1) is 26.7. The lowest BCUT2D eigenvalue weighted by Crippen LogP contribution is -2.29.